The summed E-state index contributed by atoms with van der Waals surface area (Å²) in [5.41, 5.74) is 4.45. The summed E-state index contributed by atoms with van der Waals surface area (Å²) in [6.45, 7) is 3.61. The van der Waals surface area contributed by atoms with Gasteiger partial charge in [0.1, 0.15) is 0 Å². The van der Waals surface area contributed by atoms with E-state index < -0.39 is 32.7 Å². The Bertz CT molecular complexity index is 556. The minimum Gasteiger partial charge on any atom is -0.329 e. The molecule has 1 atom stereocenters. The molecule has 0 aliphatic rings. The lowest BCUT2D eigenvalue weighted by Crippen LogP contribution is -2.43. The third-order valence-electron chi connectivity index (χ3n) is 2.84. The maximum Gasteiger partial charge on any atom is 0.416 e. The summed E-state index contributed by atoms with van der Waals surface area (Å²) in [7, 11) is -4.03. The van der Waals surface area contributed by atoms with E-state index in [0.29, 0.717) is 6.07 Å². The molecule has 1 unspecified atom stereocenters. The first kappa shape index (κ1) is 16.9. The van der Waals surface area contributed by atoms with Gasteiger partial charge in [0.25, 0.3) is 0 Å². The van der Waals surface area contributed by atoms with E-state index in [1.165, 1.54) is 0 Å². The Kier molecular flexibility index (Phi) is 5.17. The van der Waals surface area contributed by atoms with Gasteiger partial charge in [-0.2, -0.15) is 13.2 Å². The second kappa shape index (κ2) is 6.11. The van der Waals surface area contributed by atoms with Crippen LogP contribution in [-0.4, -0.2) is 21.0 Å². The summed E-state index contributed by atoms with van der Waals surface area (Å²) in [6, 6.07) is 3.07. The molecule has 0 saturated carbocycles. The van der Waals surface area contributed by atoms with Crippen molar-refractivity contribution in [1.82, 2.24) is 4.72 Å². The third kappa shape index (κ3) is 4.19. The number of sulfonamides is 1. The fraction of sp³-hybridized carbons (Fsp3) is 0.500. The van der Waals surface area contributed by atoms with Crippen LogP contribution in [0.5, 0.6) is 0 Å². The number of alkyl halides is 3. The number of halogens is 3. The average Bonchev–Trinajstić information content (AvgIpc) is 2.35. The van der Waals surface area contributed by atoms with E-state index in [0.717, 1.165) is 18.2 Å². The van der Waals surface area contributed by atoms with Crippen molar-refractivity contribution in [3.8, 4) is 0 Å². The maximum atomic E-state index is 12.6. The van der Waals surface area contributed by atoms with Gasteiger partial charge in [-0.1, -0.05) is 19.9 Å². The van der Waals surface area contributed by atoms with Crippen molar-refractivity contribution in [3.05, 3.63) is 29.8 Å². The molecule has 0 heterocycles. The van der Waals surface area contributed by atoms with E-state index in [1.54, 1.807) is 13.8 Å². The summed E-state index contributed by atoms with van der Waals surface area (Å²) in [5, 5.41) is 0. The summed E-state index contributed by atoms with van der Waals surface area (Å²) < 4.78 is 64.2. The molecule has 0 aliphatic heterocycles. The van der Waals surface area contributed by atoms with Crippen molar-refractivity contribution >= 4 is 10.0 Å². The van der Waals surface area contributed by atoms with Gasteiger partial charge in [0.15, 0.2) is 0 Å². The molecule has 1 rings (SSSR count). The van der Waals surface area contributed by atoms with E-state index in [-0.39, 0.29) is 12.5 Å². The Morgan fingerprint density at radius 3 is 2.35 bits per heavy atom. The molecule has 0 bridgehead atoms. The highest BCUT2D eigenvalue weighted by atomic mass is 32.2. The molecule has 0 amide bonds. The number of benzene rings is 1. The van der Waals surface area contributed by atoms with Crippen molar-refractivity contribution in [1.29, 1.82) is 0 Å². The van der Waals surface area contributed by atoms with Crippen molar-refractivity contribution in [2.24, 2.45) is 11.7 Å². The first-order chi connectivity index (χ1) is 9.08. The van der Waals surface area contributed by atoms with Crippen molar-refractivity contribution in [2.75, 3.05) is 6.54 Å². The molecule has 1 aromatic carbocycles. The molecule has 4 nitrogen and oxygen atoms in total. The Hall–Kier alpha value is -1.12. The van der Waals surface area contributed by atoms with Gasteiger partial charge in [0, 0.05) is 12.6 Å². The van der Waals surface area contributed by atoms with Gasteiger partial charge in [-0.15, -0.1) is 0 Å². The fourth-order valence-corrected chi connectivity index (χ4v) is 3.01. The standard InChI is InChI=1S/C12H17F3N2O2S/c1-8(2)11(7-16)17-20(18,19)10-5-3-4-9(6-10)12(13,14)15/h3-6,8,11,17H,7,16H2,1-2H3. The lowest BCUT2D eigenvalue weighted by molar-refractivity contribution is -0.137. The van der Waals surface area contributed by atoms with Crippen LogP contribution < -0.4 is 10.5 Å². The van der Waals surface area contributed by atoms with Crippen molar-refractivity contribution in [2.45, 2.75) is 31.0 Å². The summed E-state index contributed by atoms with van der Waals surface area (Å²) >= 11 is 0. The number of hydrogen-bond acceptors (Lipinski definition) is 3. The lowest BCUT2D eigenvalue weighted by atomic mass is 10.1. The number of hydrogen-bond donors (Lipinski definition) is 2. The SMILES string of the molecule is CC(C)C(CN)NS(=O)(=O)c1cccc(C(F)(F)F)c1. The van der Waals surface area contributed by atoms with Gasteiger partial charge in [-0.25, -0.2) is 13.1 Å². The highest BCUT2D eigenvalue weighted by Gasteiger charge is 2.32. The van der Waals surface area contributed by atoms with Crippen LogP contribution in [0.3, 0.4) is 0 Å². The first-order valence-electron chi connectivity index (χ1n) is 5.97. The van der Waals surface area contributed by atoms with Crippen LogP contribution in [0.4, 0.5) is 13.2 Å². The monoisotopic (exact) mass is 310 g/mol. The Morgan fingerprint density at radius 2 is 1.90 bits per heavy atom. The van der Waals surface area contributed by atoms with Crippen LogP contribution >= 0.6 is 0 Å². The van der Waals surface area contributed by atoms with Gasteiger partial charge in [-0.05, 0) is 24.1 Å². The molecule has 0 fully saturated rings. The predicted molar refractivity (Wildman–Crippen MR) is 69.4 cm³/mol. The van der Waals surface area contributed by atoms with Crippen LogP contribution in [-0.2, 0) is 16.2 Å². The zero-order chi connectivity index (χ0) is 15.6. The smallest absolute Gasteiger partial charge is 0.329 e. The average molecular weight is 310 g/mol. The molecule has 0 aromatic heterocycles. The van der Waals surface area contributed by atoms with Crippen molar-refractivity contribution < 1.29 is 21.6 Å². The Morgan fingerprint density at radius 1 is 1.30 bits per heavy atom. The molecule has 3 N–H and O–H groups in total. The molecule has 0 saturated heterocycles. The molecule has 20 heavy (non-hydrogen) atoms. The zero-order valence-corrected chi connectivity index (χ0v) is 11.9. The topological polar surface area (TPSA) is 72.2 Å². The van der Waals surface area contributed by atoms with Crippen LogP contribution in [0.1, 0.15) is 19.4 Å². The van der Waals surface area contributed by atoms with E-state index >= 15 is 0 Å². The summed E-state index contributed by atoms with van der Waals surface area (Å²) in [6.07, 6.45) is -4.59. The molecule has 0 spiro atoms. The quantitative estimate of drug-likeness (QED) is 0.873. The van der Waals surface area contributed by atoms with Crippen LogP contribution in [0, 0.1) is 5.92 Å². The number of rotatable bonds is 5. The first-order valence-corrected chi connectivity index (χ1v) is 7.46. The summed E-state index contributed by atoms with van der Waals surface area (Å²) in [4.78, 5) is -0.425. The highest BCUT2D eigenvalue weighted by molar-refractivity contribution is 7.89. The van der Waals surface area contributed by atoms with E-state index in [1.807, 2.05) is 0 Å². The lowest BCUT2D eigenvalue weighted by Gasteiger charge is -2.20. The van der Waals surface area contributed by atoms with Crippen LogP contribution in [0.2, 0.25) is 0 Å². The molecule has 1 aromatic rings. The van der Waals surface area contributed by atoms with E-state index in [9.17, 15) is 21.6 Å². The largest absolute Gasteiger partial charge is 0.416 e. The second-order valence-electron chi connectivity index (χ2n) is 4.73. The third-order valence-corrected chi connectivity index (χ3v) is 4.32. The molecule has 0 radical (unpaired) electrons. The molecule has 114 valence electrons. The molecular formula is C12H17F3N2O2S. The highest BCUT2D eigenvalue weighted by Crippen LogP contribution is 2.30. The van der Waals surface area contributed by atoms with Gasteiger partial charge in [-0.3, -0.25) is 0 Å². The molecule has 0 aliphatic carbocycles. The number of nitrogens with one attached hydrogen (secondary N) is 1. The predicted octanol–water partition coefficient (Wildman–Crippen LogP) is 1.97. The van der Waals surface area contributed by atoms with Crippen LogP contribution in [0.15, 0.2) is 29.2 Å². The Balaban J connectivity index is 3.10. The van der Waals surface area contributed by atoms with Crippen molar-refractivity contribution in [3.63, 3.8) is 0 Å². The minimum atomic E-state index is -4.59. The Labute approximate surface area is 116 Å². The second-order valence-corrected chi connectivity index (χ2v) is 6.45. The summed E-state index contributed by atoms with van der Waals surface area (Å²) in [5.74, 6) is -0.0689. The minimum absolute atomic E-state index is 0.0653. The fourth-order valence-electron chi connectivity index (χ4n) is 1.56. The number of nitrogens with two attached hydrogens (primary N) is 1. The maximum absolute atomic E-state index is 12.6. The normalized spacial score (nSPS) is 14.6. The van der Waals surface area contributed by atoms with E-state index in [2.05, 4.69) is 4.72 Å². The molecular weight excluding hydrogens is 293 g/mol. The van der Waals surface area contributed by atoms with Gasteiger partial charge >= 0.3 is 6.18 Å². The zero-order valence-electron chi connectivity index (χ0n) is 11.1. The van der Waals surface area contributed by atoms with Gasteiger partial charge < -0.3 is 5.73 Å². The van der Waals surface area contributed by atoms with E-state index in [4.69, 9.17) is 5.73 Å². The van der Waals surface area contributed by atoms with Gasteiger partial charge in [0.05, 0.1) is 10.5 Å². The molecule has 8 heteroatoms. The van der Waals surface area contributed by atoms with Crippen LogP contribution in [0.25, 0.3) is 0 Å². The van der Waals surface area contributed by atoms with Gasteiger partial charge in [0.2, 0.25) is 10.0 Å².